The topological polar surface area (TPSA) is 31.4 Å². The van der Waals surface area contributed by atoms with Gasteiger partial charge in [-0.25, -0.2) is 4.98 Å². The molecule has 0 fully saturated rings. The molecule has 0 aliphatic rings. The Bertz CT molecular complexity index is 325. The number of rotatable bonds is 9. The van der Waals surface area contributed by atoms with E-state index in [-0.39, 0.29) is 0 Å². The van der Waals surface area contributed by atoms with E-state index in [1.165, 1.54) is 17.7 Å². The predicted molar refractivity (Wildman–Crippen MR) is 80.6 cm³/mol. The second-order valence-corrected chi connectivity index (χ2v) is 5.96. The van der Waals surface area contributed by atoms with E-state index >= 15 is 0 Å². The van der Waals surface area contributed by atoms with Gasteiger partial charge in [-0.1, -0.05) is 6.92 Å². The van der Waals surface area contributed by atoms with Crippen molar-refractivity contribution in [1.29, 1.82) is 0 Å². The Hall–Kier alpha value is -0.650. The molecule has 0 spiro atoms. The molecule has 1 aromatic rings. The molecule has 0 bridgehead atoms. The second kappa shape index (κ2) is 8.45. The average Bonchev–Trinajstić information content (AvgIpc) is 2.77. The van der Waals surface area contributed by atoms with Crippen LogP contribution in [0.25, 0.3) is 0 Å². The van der Waals surface area contributed by atoms with Gasteiger partial charge in [0.05, 0.1) is 0 Å². The molecule has 18 heavy (non-hydrogen) atoms. The van der Waals surface area contributed by atoms with Gasteiger partial charge in [-0.15, -0.1) is 11.3 Å². The zero-order valence-corrected chi connectivity index (χ0v) is 12.9. The van der Waals surface area contributed by atoms with E-state index in [4.69, 9.17) is 0 Å². The van der Waals surface area contributed by atoms with Gasteiger partial charge in [0.25, 0.3) is 0 Å². The van der Waals surface area contributed by atoms with Gasteiger partial charge in [-0.05, 0) is 40.0 Å². The quantitative estimate of drug-likeness (QED) is 0.696. The number of nitrogens with one attached hydrogen (secondary N) is 1. The first-order valence-electron chi connectivity index (χ1n) is 6.64. The highest BCUT2D eigenvalue weighted by Crippen LogP contribution is 2.21. The summed E-state index contributed by atoms with van der Waals surface area (Å²) in [5.74, 6) is 0. The average molecular weight is 270 g/mol. The Labute approximate surface area is 115 Å². The standard InChI is InChI=1S/C13H26N4S/c1-5-7-14-10-12-11-15-13(18-12)17(4)9-6-8-16(2)3/h11,14H,5-10H2,1-4H3. The van der Waals surface area contributed by atoms with Gasteiger partial charge in [0.2, 0.25) is 0 Å². The molecule has 0 aliphatic carbocycles. The van der Waals surface area contributed by atoms with Crippen molar-refractivity contribution in [3.8, 4) is 0 Å². The molecule has 1 N–H and O–H groups in total. The van der Waals surface area contributed by atoms with Crippen molar-refractivity contribution in [1.82, 2.24) is 15.2 Å². The van der Waals surface area contributed by atoms with Crippen LogP contribution in [-0.2, 0) is 6.54 Å². The van der Waals surface area contributed by atoms with Crippen LogP contribution < -0.4 is 10.2 Å². The highest BCUT2D eigenvalue weighted by molar-refractivity contribution is 7.15. The smallest absolute Gasteiger partial charge is 0.185 e. The molecule has 0 saturated heterocycles. The molecule has 4 nitrogen and oxygen atoms in total. The summed E-state index contributed by atoms with van der Waals surface area (Å²) in [7, 11) is 6.35. The number of hydrogen-bond acceptors (Lipinski definition) is 5. The van der Waals surface area contributed by atoms with E-state index in [1.807, 2.05) is 6.20 Å². The second-order valence-electron chi connectivity index (χ2n) is 4.86. The summed E-state index contributed by atoms with van der Waals surface area (Å²) in [4.78, 5) is 10.3. The van der Waals surface area contributed by atoms with Crippen LogP contribution in [-0.4, -0.2) is 50.7 Å². The van der Waals surface area contributed by atoms with E-state index in [0.29, 0.717) is 0 Å². The first kappa shape index (κ1) is 15.4. The SMILES string of the molecule is CCCNCc1cnc(N(C)CCCN(C)C)s1. The monoisotopic (exact) mass is 270 g/mol. The minimum absolute atomic E-state index is 0.942. The molecule has 0 unspecified atom stereocenters. The molecule has 0 amide bonds. The lowest BCUT2D eigenvalue weighted by atomic mass is 10.4. The summed E-state index contributed by atoms with van der Waals surface area (Å²) in [5.41, 5.74) is 0. The van der Waals surface area contributed by atoms with Crippen LogP contribution in [0.4, 0.5) is 5.13 Å². The summed E-state index contributed by atoms with van der Waals surface area (Å²) in [6.07, 6.45) is 4.34. The van der Waals surface area contributed by atoms with Crippen molar-refractivity contribution < 1.29 is 0 Å². The number of aromatic nitrogens is 1. The van der Waals surface area contributed by atoms with E-state index < -0.39 is 0 Å². The molecule has 0 aliphatic heterocycles. The lowest BCUT2D eigenvalue weighted by molar-refractivity contribution is 0.401. The number of thiazole rings is 1. The fourth-order valence-corrected chi connectivity index (χ4v) is 2.53. The molecule has 1 heterocycles. The molecule has 0 radical (unpaired) electrons. The van der Waals surface area contributed by atoms with Crippen molar-refractivity contribution in [3.05, 3.63) is 11.1 Å². The Morgan fingerprint density at radius 1 is 1.28 bits per heavy atom. The Morgan fingerprint density at radius 2 is 2.06 bits per heavy atom. The van der Waals surface area contributed by atoms with Crippen molar-refractivity contribution in [2.24, 2.45) is 0 Å². The van der Waals surface area contributed by atoms with Gasteiger partial charge in [0.15, 0.2) is 5.13 Å². The molecule has 104 valence electrons. The van der Waals surface area contributed by atoms with Gasteiger partial charge >= 0.3 is 0 Å². The van der Waals surface area contributed by atoms with Crippen molar-refractivity contribution in [2.45, 2.75) is 26.3 Å². The van der Waals surface area contributed by atoms with Crippen molar-refractivity contribution in [3.63, 3.8) is 0 Å². The third kappa shape index (κ3) is 5.80. The fourth-order valence-electron chi connectivity index (χ4n) is 1.66. The largest absolute Gasteiger partial charge is 0.351 e. The zero-order valence-electron chi connectivity index (χ0n) is 12.1. The van der Waals surface area contributed by atoms with E-state index in [9.17, 15) is 0 Å². The van der Waals surface area contributed by atoms with E-state index in [2.05, 4.69) is 48.2 Å². The molecule has 0 aromatic carbocycles. The maximum absolute atomic E-state index is 4.48. The molecule has 5 heteroatoms. The minimum Gasteiger partial charge on any atom is -0.351 e. The summed E-state index contributed by atoms with van der Waals surface area (Å²) >= 11 is 1.79. The van der Waals surface area contributed by atoms with Crippen LogP contribution in [0, 0.1) is 0 Å². The molecule has 0 saturated carbocycles. The lowest BCUT2D eigenvalue weighted by Crippen LogP contribution is -2.23. The molecule has 0 atom stereocenters. The highest BCUT2D eigenvalue weighted by atomic mass is 32.1. The number of nitrogens with zero attached hydrogens (tertiary/aromatic N) is 3. The highest BCUT2D eigenvalue weighted by Gasteiger charge is 2.06. The fraction of sp³-hybridized carbons (Fsp3) is 0.769. The summed E-state index contributed by atoms with van der Waals surface area (Å²) in [5, 5.41) is 4.53. The molecule has 1 rings (SSSR count). The van der Waals surface area contributed by atoms with Crippen LogP contribution >= 0.6 is 11.3 Å². The number of anilines is 1. The first-order valence-corrected chi connectivity index (χ1v) is 7.46. The first-order chi connectivity index (χ1) is 8.63. The van der Waals surface area contributed by atoms with Gasteiger partial charge in [-0.2, -0.15) is 0 Å². The van der Waals surface area contributed by atoms with Crippen LogP contribution in [0.15, 0.2) is 6.20 Å². The van der Waals surface area contributed by atoms with Gasteiger partial charge < -0.3 is 15.1 Å². The van der Waals surface area contributed by atoms with Crippen LogP contribution in [0.1, 0.15) is 24.6 Å². The van der Waals surface area contributed by atoms with Gasteiger partial charge in [-0.3, -0.25) is 0 Å². The zero-order chi connectivity index (χ0) is 13.4. The Kier molecular flexibility index (Phi) is 7.23. The molecular weight excluding hydrogens is 244 g/mol. The van der Waals surface area contributed by atoms with Crippen molar-refractivity contribution in [2.75, 3.05) is 45.7 Å². The Morgan fingerprint density at radius 3 is 2.72 bits per heavy atom. The summed E-state index contributed by atoms with van der Waals surface area (Å²) < 4.78 is 0. The van der Waals surface area contributed by atoms with Crippen LogP contribution in [0.5, 0.6) is 0 Å². The van der Waals surface area contributed by atoms with Gasteiger partial charge in [0, 0.05) is 31.2 Å². The van der Waals surface area contributed by atoms with Gasteiger partial charge in [0.1, 0.15) is 0 Å². The third-order valence-corrected chi connectivity index (χ3v) is 3.80. The predicted octanol–water partition coefficient (Wildman–Crippen LogP) is 2.03. The molecule has 1 aromatic heterocycles. The van der Waals surface area contributed by atoms with E-state index in [1.54, 1.807) is 11.3 Å². The minimum atomic E-state index is 0.942. The third-order valence-electron chi connectivity index (χ3n) is 2.69. The number of hydrogen-bond donors (Lipinski definition) is 1. The summed E-state index contributed by atoms with van der Waals surface area (Å²) in [6, 6.07) is 0. The maximum atomic E-state index is 4.48. The van der Waals surface area contributed by atoms with Crippen molar-refractivity contribution >= 4 is 16.5 Å². The van der Waals surface area contributed by atoms with E-state index in [0.717, 1.165) is 31.3 Å². The maximum Gasteiger partial charge on any atom is 0.185 e. The molecular formula is C13H26N4S. The lowest BCUT2D eigenvalue weighted by Gasteiger charge is -2.17. The Balaban J connectivity index is 2.32. The van der Waals surface area contributed by atoms with Crippen LogP contribution in [0.2, 0.25) is 0 Å². The summed E-state index contributed by atoms with van der Waals surface area (Å²) in [6.45, 7) is 6.39. The normalized spacial score (nSPS) is 11.2. The van der Waals surface area contributed by atoms with Crippen LogP contribution in [0.3, 0.4) is 0 Å².